The second kappa shape index (κ2) is 11.8. The van der Waals surface area contributed by atoms with Gasteiger partial charge >= 0.3 is 0 Å². The Morgan fingerprint density at radius 3 is 2.77 bits per heavy atom. The van der Waals surface area contributed by atoms with Gasteiger partial charge in [0, 0.05) is 45.0 Å². The Morgan fingerprint density at radius 2 is 2.03 bits per heavy atom. The largest absolute Gasteiger partial charge is 0.492 e. The average Bonchev–Trinajstić information content (AvgIpc) is 3.30. The lowest BCUT2D eigenvalue weighted by molar-refractivity contribution is 0.188. The number of rotatable bonds is 10. The van der Waals surface area contributed by atoms with Crippen molar-refractivity contribution >= 4 is 45.4 Å². The summed E-state index contributed by atoms with van der Waals surface area (Å²) in [6, 6.07) is 7.24. The van der Waals surface area contributed by atoms with Crippen LogP contribution in [-0.4, -0.2) is 76.0 Å². The highest BCUT2D eigenvalue weighted by Gasteiger charge is 2.20. The van der Waals surface area contributed by atoms with Crippen molar-refractivity contribution < 1.29 is 14.9 Å². The molecule has 0 radical (unpaired) electrons. The summed E-state index contributed by atoms with van der Waals surface area (Å²) in [6.07, 6.45) is 0.595. The Morgan fingerprint density at radius 1 is 1.23 bits per heavy atom. The first-order valence-corrected chi connectivity index (χ1v) is 12.7. The van der Waals surface area contributed by atoms with Crippen molar-refractivity contribution in [3.63, 3.8) is 0 Å². The molecule has 1 aliphatic rings. The summed E-state index contributed by atoms with van der Waals surface area (Å²) in [6.45, 7) is 8.52. The maximum Gasteiger partial charge on any atom is 0.188 e. The second-order valence-corrected chi connectivity index (χ2v) is 9.47. The molecule has 0 saturated carbocycles. The Hall–Kier alpha value is -2.70. The number of benzene rings is 1. The number of piperazine rings is 1. The van der Waals surface area contributed by atoms with E-state index in [0.29, 0.717) is 51.3 Å². The van der Waals surface area contributed by atoms with Gasteiger partial charge in [-0.3, -0.25) is 4.90 Å². The summed E-state index contributed by atoms with van der Waals surface area (Å²) in [5.74, 6) is 2.72. The monoisotopic (exact) mass is 519 g/mol. The molecular weight excluding hydrogens is 490 g/mol. The number of aliphatic hydroxyl groups is 2. The molecule has 0 amide bonds. The van der Waals surface area contributed by atoms with Crippen LogP contribution in [0.2, 0.25) is 5.02 Å². The number of thiazole rings is 1. The zero-order valence-electron chi connectivity index (χ0n) is 19.7. The molecule has 188 valence electrons. The number of nitrogens with zero attached hydrogens (tertiary/aromatic N) is 5. The fourth-order valence-electron chi connectivity index (χ4n) is 3.83. The van der Waals surface area contributed by atoms with E-state index in [1.54, 1.807) is 24.4 Å². The number of para-hydroxylation sites is 1. The van der Waals surface area contributed by atoms with Crippen LogP contribution in [0.3, 0.4) is 0 Å². The summed E-state index contributed by atoms with van der Waals surface area (Å²) in [7, 11) is 0. The minimum Gasteiger partial charge on any atom is -0.492 e. The molecule has 0 spiro atoms. The van der Waals surface area contributed by atoms with Gasteiger partial charge in [-0.05, 0) is 26.0 Å². The van der Waals surface area contributed by atoms with Crippen LogP contribution < -0.4 is 20.3 Å². The standard InChI is InChI=1S/C23H30ClN7O3S/c1-3-34-17-6-4-5-16(24)21(17)29-22(33)18-14-25-23(35-18)28-19-13-20(27-15(2)26-19)31-9-7-30(8-10-31)11-12-32/h4-6,13-14,22,29,32-33H,3,7-12H2,1-2H3,(H,25,26,27,28). The van der Waals surface area contributed by atoms with Crippen LogP contribution in [0.5, 0.6) is 5.75 Å². The van der Waals surface area contributed by atoms with Gasteiger partial charge in [0.05, 0.1) is 28.8 Å². The highest BCUT2D eigenvalue weighted by Crippen LogP contribution is 2.36. The van der Waals surface area contributed by atoms with E-state index < -0.39 is 6.23 Å². The van der Waals surface area contributed by atoms with E-state index in [-0.39, 0.29) is 6.61 Å². The molecule has 1 aromatic carbocycles. The zero-order chi connectivity index (χ0) is 24.8. The van der Waals surface area contributed by atoms with Crippen LogP contribution in [0, 0.1) is 6.92 Å². The number of halogens is 1. The first kappa shape index (κ1) is 25.4. The van der Waals surface area contributed by atoms with Crippen molar-refractivity contribution in [2.75, 3.05) is 61.5 Å². The Bertz CT molecular complexity index is 1120. The van der Waals surface area contributed by atoms with Gasteiger partial charge in [0.15, 0.2) is 11.4 Å². The summed E-state index contributed by atoms with van der Waals surface area (Å²) in [4.78, 5) is 18.6. The maximum absolute atomic E-state index is 10.8. The smallest absolute Gasteiger partial charge is 0.188 e. The number of ether oxygens (including phenoxy) is 1. The molecule has 1 unspecified atom stereocenters. The molecule has 1 atom stereocenters. The van der Waals surface area contributed by atoms with Gasteiger partial charge in [0.25, 0.3) is 0 Å². The molecule has 0 bridgehead atoms. The minimum atomic E-state index is -1.01. The van der Waals surface area contributed by atoms with Crippen LogP contribution in [0.15, 0.2) is 30.5 Å². The lowest BCUT2D eigenvalue weighted by atomic mass is 10.2. The maximum atomic E-state index is 10.8. The van der Waals surface area contributed by atoms with Gasteiger partial charge in [0.2, 0.25) is 0 Å². The first-order chi connectivity index (χ1) is 17.0. The summed E-state index contributed by atoms with van der Waals surface area (Å²) in [5.41, 5.74) is 0.529. The van der Waals surface area contributed by atoms with Crippen molar-refractivity contribution in [3.05, 3.63) is 46.2 Å². The predicted octanol–water partition coefficient (Wildman–Crippen LogP) is 3.25. The predicted molar refractivity (Wildman–Crippen MR) is 139 cm³/mol. The molecule has 4 N–H and O–H groups in total. The lowest BCUT2D eigenvalue weighted by Gasteiger charge is -2.35. The minimum absolute atomic E-state index is 0.173. The zero-order valence-corrected chi connectivity index (χ0v) is 21.3. The average molecular weight is 520 g/mol. The third kappa shape index (κ3) is 6.50. The molecule has 3 heterocycles. The van der Waals surface area contributed by atoms with Crippen LogP contribution in [0.4, 0.5) is 22.5 Å². The molecule has 1 aliphatic heterocycles. The van der Waals surface area contributed by atoms with Crippen molar-refractivity contribution in [2.45, 2.75) is 20.1 Å². The molecule has 1 saturated heterocycles. The van der Waals surface area contributed by atoms with Crippen molar-refractivity contribution in [1.29, 1.82) is 0 Å². The van der Waals surface area contributed by atoms with Crippen LogP contribution >= 0.6 is 22.9 Å². The third-order valence-corrected chi connectivity index (χ3v) is 6.80. The molecule has 2 aromatic heterocycles. The van der Waals surface area contributed by atoms with Crippen LogP contribution in [0.1, 0.15) is 23.9 Å². The Balaban J connectivity index is 1.43. The molecule has 10 nitrogen and oxygen atoms in total. The molecule has 3 aromatic rings. The number of aryl methyl sites for hydroxylation is 1. The summed E-state index contributed by atoms with van der Waals surface area (Å²) >= 11 is 7.63. The number of hydrogen-bond acceptors (Lipinski definition) is 11. The third-order valence-electron chi connectivity index (χ3n) is 5.52. The van der Waals surface area contributed by atoms with E-state index in [9.17, 15) is 5.11 Å². The van der Waals surface area contributed by atoms with Gasteiger partial charge in [-0.1, -0.05) is 29.0 Å². The number of aliphatic hydroxyl groups excluding tert-OH is 2. The topological polar surface area (TPSA) is 119 Å². The molecular formula is C23H30ClN7O3S. The number of nitrogens with one attached hydrogen (secondary N) is 2. The van der Waals surface area contributed by atoms with E-state index in [4.69, 9.17) is 21.4 Å². The number of aromatic nitrogens is 3. The fraction of sp³-hybridized carbons (Fsp3) is 0.435. The van der Waals surface area contributed by atoms with Gasteiger partial charge in [-0.15, -0.1) is 0 Å². The summed E-state index contributed by atoms with van der Waals surface area (Å²) in [5, 5.41) is 27.2. The van der Waals surface area contributed by atoms with Crippen molar-refractivity contribution in [2.24, 2.45) is 0 Å². The van der Waals surface area contributed by atoms with Gasteiger partial charge in [0.1, 0.15) is 23.2 Å². The summed E-state index contributed by atoms with van der Waals surface area (Å²) < 4.78 is 5.61. The first-order valence-electron chi connectivity index (χ1n) is 11.5. The normalized spacial score (nSPS) is 15.2. The van der Waals surface area contributed by atoms with Crippen LogP contribution in [-0.2, 0) is 0 Å². The van der Waals surface area contributed by atoms with E-state index in [0.717, 1.165) is 32.0 Å². The number of anilines is 4. The van der Waals surface area contributed by atoms with Gasteiger partial charge in [-0.25, -0.2) is 15.0 Å². The second-order valence-electron chi connectivity index (χ2n) is 8.00. The highest BCUT2D eigenvalue weighted by atomic mass is 35.5. The van der Waals surface area contributed by atoms with Crippen molar-refractivity contribution in [1.82, 2.24) is 19.9 Å². The quantitative estimate of drug-likeness (QED) is 0.297. The number of β-amino-alcohol motifs (C(OH)–C–C–N with tert-alkyl or cyclic N) is 1. The Labute approximate surface area is 213 Å². The van der Waals surface area contributed by atoms with Crippen molar-refractivity contribution in [3.8, 4) is 5.75 Å². The van der Waals surface area contributed by atoms with Gasteiger partial charge in [-0.2, -0.15) is 0 Å². The fourth-order valence-corrected chi connectivity index (χ4v) is 4.81. The van der Waals surface area contributed by atoms with Gasteiger partial charge < -0.3 is 30.5 Å². The molecule has 1 fully saturated rings. The lowest BCUT2D eigenvalue weighted by Crippen LogP contribution is -2.47. The van der Waals surface area contributed by atoms with E-state index in [1.165, 1.54) is 11.3 Å². The molecule has 0 aliphatic carbocycles. The van der Waals surface area contributed by atoms with E-state index in [1.807, 2.05) is 19.9 Å². The highest BCUT2D eigenvalue weighted by molar-refractivity contribution is 7.15. The SMILES string of the molecule is CCOc1cccc(Cl)c1NC(O)c1cnc(Nc2cc(N3CCN(CCO)CC3)nc(C)n2)s1. The van der Waals surface area contributed by atoms with E-state index in [2.05, 4.69) is 35.4 Å². The van der Waals surface area contributed by atoms with E-state index >= 15 is 0 Å². The molecule has 35 heavy (non-hydrogen) atoms. The molecule has 12 heteroatoms. The number of hydrogen-bond donors (Lipinski definition) is 4. The van der Waals surface area contributed by atoms with Crippen LogP contribution in [0.25, 0.3) is 0 Å². The Kier molecular flexibility index (Phi) is 8.58. The molecule has 4 rings (SSSR count).